The minimum Gasteiger partial charge on any atom is -0.490 e. The SMILES string of the molecule is CC(=NO)c1cc(C)ccc1OCCOc1ccccc1. The number of aryl methyl sites for hydroxylation is 1. The highest BCUT2D eigenvalue weighted by Gasteiger charge is 2.08. The van der Waals surface area contributed by atoms with Gasteiger partial charge in [-0.1, -0.05) is 35.0 Å². The number of nitrogens with zero attached hydrogens (tertiary/aromatic N) is 1. The van der Waals surface area contributed by atoms with Crippen LogP contribution >= 0.6 is 0 Å². The summed E-state index contributed by atoms with van der Waals surface area (Å²) in [7, 11) is 0. The van der Waals surface area contributed by atoms with Crippen molar-refractivity contribution in [2.75, 3.05) is 13.2 Å². The molecule has 1 N–H and O–H groups in total. The van der Waals surface area contributed by atoms with Crippen molar-refractivity contribution in [1.82, 2.24) is 0 Å². The molecule has 0 atom stereocenters. The molecular weight excluding hydrogens is 266 g/mol. The van der Waals surface area contributed by atoms with Crippen LogP contribution in [0.15, 0.2) is 53.7 Å². The van der Waals surface area contributed by atoms with E-state index in [1.54, 1.807) is 6.92 Å². The minimum atomic E-state index is 0.420. The Balaban J connectivity index is 1.94. The predicted octanol–water partition coefficient (Wildman–Crippen LogP) is 3.65. The summed E-state index contributed by atoms with van der Waals surface area (Å²) >= 11 is 0. The summed E-state index contributed by atoms with van der Waals surface area (Å²) in [5, 5.41) is 12.2. The van der Waals surface area contributed by atoms with E-state index in [0.29, 0.717) is 24.7 Å². The highest BCUT2D eigenvalue weighted by molar-refractivity contribution is 6.00. The van der Waals surface area contributed by atoms with Gasteiger partial charge in [-0.3, -0.25) is 0 Å². The van der Waals surface area contributed by atoms with Crippen LogP contribution in [-0.2, 0) is 0 Å². The normalized spacial score (nSPS) is 11.2. The van der Waals surface area contributed by atoms with Crippen molar-refractivity contribution in [1.29, 1.82) is 0 Å². The smallest absolute Gasteiger partial charge is 0.128 e. The molecule has 4 heteroatoms. The molecule has 110 valence electrons. The zero-order chi connectivity index (χ0) is 15.1. The molecule has 0 aliphatic rings. The first kappa shape index (κ1) is 14.9. The molecule has 2 aromatic rings. The lowest BCUT2D eigenvalue weighted by Gasteiger charge is -2.12. The summed E-state index contributed by atoms with van der Waals surface area (Å²) in [6.07, 6.45) is 0. The lowest BCUT2D eigenvalue weighted by Crippen LogP contribution is -2.11. The van der Waals surface area contributed by atoms with Gasteiger partial charge in [-0.25, -0.2) is 0 Å². The molecule has 0 aliphatic heterocycles. The minimum absolute atomic E-state index is 0.420. The Kier molecular flexibility index (Phi) is 5.21. The Morgan fingerprint density at radius 1 is 1.05 bits per heavy atom. The maximum absolute atomic E-state index is 8.93. The largest absolute Gasteiger partial charge is 0.490 e. The Morgan fingerprint density at radius 3 is 2.48 bits per heavy atom. The maximum atomic E-state index is 8.93. The van der Waals surface area contributed by atoms with Gasteiger partial charge in [-0.15, -0.1) is 0 Å². The molecule has 0 heterocycles. The van der Waals surface area contributed by atoms with Gasteiger partial charge < -0.3 is 14.7 Å². The van der Waals surface area contributed by atoms with Gasteiger partial charge in [0.25, 0.3) is 0 Å². The van der Waals surface area contributed by atoms with Crippen LogP contribution in [0.4, 0.5) is 0 Å². The van der Waals surface area contributed by atoms with Crippen molar-refractivity contribution in [3.05, 3.63) is 59.7 Å². The second-order valence-corrected chi connectivity index (χ2v) is 4.69. The molecule has 4 nitrogen and oxygen atoms in total. The van der Waals surface area contributed by atoms with Crippen LogP contribution in [0.25, 0.3) is 0 Å². The van der Waals surface area contributed by atoms with Crippen molar-refractivity contribution in [3.63, 3.8) is 0 Å². The van der Waals surface area contributed by atoms with E-state index in [2.05, 4.69) is 5.16 Å². The van der Waals surface area contributed by atoms with Gasteiger partial charge in [0.15, 0.2) is 0 Å². The van der Waals surface area contributed by atoms with E-state index in [1.165, 1.54) is 0 Å². The molecule has 0 radical (unpaired) electrons. The van der Waals surface area contributed by atoms with Crippen molar-refractivity contribution < 1.29 is 14.7 Å². The average Bonchev–Trinajstić information content (AvgIpc) is 2.53. The van der Waals surface area contributed by atoms with Crippen molar-refractivity contribution in [2.24, 2.45) is 5.16 Å². The van der Waals surface area contributed by atoms with E-state index in [4.69, 9.17) is 14.7 Å². The molecule has 0 fully saturated rings. The van der Waals surface area contributed by atoms with Gasteiger partial charge in [0.05, 0.1) is 5.71 Å². The number of hydrogen-bond acceptors (Lipinski definition) is 4. The summed E-state index contributed by atoms with van der Waals surface area (Å²) in [5.41, 5.74) is 2.40. The molecule has 0 amide bonds. The Hall–Kier alpha value is -2.49. The Labute approximate surface area is 124 Å². The summed E-state index contributed by atoms with van der Waals surface area (Å²) < 4.78 is 11.3. The van der Waals surface area contributed by atoms with Gasteiger partial charge >= 0.3 is 0 Å². The third-order valence-corrected chi connectivity index (χ3v) is 3.03. The van der Waals surface area contributed by atoms with Gasteiger partial charge in [-0.05, 0) is 38.1 Å². The number of para-hydroxylation sites is 1. The molecule has 0 bridgehead atoms. The zero-order valence-corrected chi connectivity index (χ0v) is 12.2. The molecule has 0 spiro atoms. The molecule has 2 aromatic carbocycles. The van der Waals surface area contributed by atoms with Crippen LogP contribution in [0, 0.1) is 6.92 Å². The first-order valence-corrected chi connectivity index (χ1v) is 6.81. The fraction of sp³-hybridized carbons (Fsp3) is 0.235. The van der Waals surface area contributed by atoms with E-state index in [1.807, 2.05) is 55.5 Å². The van der Waals surface area contributed by atoms with Gasteiger partial charge in [0, 0.05) is 5.56 Å². The number of ether oxygens (including phenoxy) is 2. The molecule has 0 aromatic heterocycles. The van der Waals surface area contributed by atoms with Gasteiger partial charge in [0.2, 0.25) is 0 Å². The molecule has 2 rings (SSSR count). The first-order chi connectivity index (χ1) is 10.2. The molecule has 21 heavy (non-hydrogen) atoms. The zero-order valence-electron chi connectivity index (χ0n) is 12.2. The molecule has 0 saturated carbocycles. The van der Waals surface area contributed by atoms with E-state index in [0.717, 1.165) is 16.9 Å². The summed E-state index contributed by atoms with van der Waals surface area (Å²) in [6.45, 7) is 4.59. The Morgan fingerprint density at radius 2 is 1.76 bits per heavy atom. The summed E-state index contributed by atoms with van der Waals surface area (Å²) in [4.78, 5) is 0. The molecule has 0 aliphatic carbocycles. The second-order valence-electron chi connectivity index (χ2n) is 4.69. The summed E-state index contributed by atoms with van der Waals surface area (Å²) in [5.74, 6) is 1.51. The fourth-order valence-corrected chi connectivity index (χ4v) is 1.93. The highest BCUT2D eigenvalue weighted by Crippen LogP contribution is 2.21. The third-order valence-electron chi connectivity index (χ3n) is 3.03. The van der Waals surface area contributed by atoms with Crippen LogP contribution in [0.1, 0.15) is 18.1 Å². The van der Waals surface area contributed by atoms with Crippen molar-refractivity contribution in [3.8, 4) is 11.5 Å². The monoisotopic (exact) mass is 285 g/mol. The van der Waals surface area contributed by atoms with Crippen molar-refractivity contribution in [2.45, 2.75) is 13.8 Å². The third kappa shape index (κ3) is 4.24. The summed E-state index contributed by atoms with van der Waals surface area (Å²) in [6, 6.07) is 15.4. The van der Waals surface area contributed by atoms with Crippen molar-refractivity contribution >= 4 is 5.71 Å². The van der Waals surface area contributed by atoms with E-state index in [9.17, 15) is 0 Å². The van der Waals surface area contributed by atoms with Gasteiger partial charge in [-0.2, -0.15) is 0 Å². The lowest BCUT2D eigenvalue weighted by molar-refractivity contribution is 0.217. The average molecular weight is 285 g/mol. The number of benzene rings is 2. The first-order valence-electron chi connectivity index (χ1n) is 6.81. The van der Waals surface area contributed by atoms with E-state index < -0.39 is 0 Å². The topological polar surface area (TPSA) is 51.1 Å². The lowest BCUT2D eigenvalue weighted by atomic mass is 10.1. The Bertz CT molecular complexity index is 609. The molecular formula is C17H19NO3. The second kappa shape index (κ2) is 7.33. The van der Waals surface area contributed by atoms with Crippen LogP contribution in [0.3, 0.4) is 0 Å². The van der Waals surface area contributed by atoms with Crippen LogP contribution in [0.5, 0.6) is 11.5 Å². The molecule has 0 saturated heterocycles. The van der Waals surface area contributed by atoms with Gasteiger partial charge in [0.1, 0.15) is 24.7 Å². The van der Waals surface area contributed by atoms with Crippen LogP contribution < -0.4 is 9.47 Å². The maximum Gasteiger partial charge on any atom is 0.128 e. The number of rotatable bonds is 6. The van der Waals surface area contributed by atoms with E-state index in [-0.39, 0.29) is 0 Å². The van der Waals surface area contributed by atoms with Crippen LogP contribution in [0.2, 0.25) is 0 Å². The number of hydrogen-bond donors (Lipinski definition) is 1. The quantitative estimate of drug-likeness (QED) is 0.381. The molecule has 0 unspecified atom stereocenters. The predicted molar refractivity (Wildman–Crippen MR) is 82.6 cm³/mol. The highest BCUT2D eigenvalue weighted by atomic mass is 16.5. The van der Waals surface area contributed by atoms with Crippen LogP contribution in [-0.4, -0.2) is 24.1 Å². The number of oxime groups is 1. The standard InChI is InChI=1S/C17H19NO3/c1-13-8-9-17(16(12-13)14(2)18-19)21-11-10-20-15-6-4-3-5-7-15/h3-9,12,19H,10-11H2,1-2H3. The fourth-order valence-electron chi connectivity index (χ4n) is 1.93. The van der Waals surface area contributed by atoms with E-state index >= 15 is 0 Å².